The van der Waals surface area contributed by atoms with Gasteiger partial charge in [-0.05, 0) is 31.0 Å². The molecule has 0 saturated heterocycles. The van der Waals surface area contributed by atoms with Crippen molar-refractivity contribution in [2.75, 3.05) is 0 Å². The van der Waals surface area contributed by atoms with Crippen LogP contribution in [0.1, 0.15) is 29.7 Å². The number of aryl methyl sites for hydroxylation is 1. The van der Waals surface area contributed by atoms with Crippen LogP contribution in [0.4, 0.5) is 0 Å². The van der Waals surface area contributed by atoms with Gasteiger partial charge in [0.05, 0.1) is 0 Å². The highest BCUT2D eigenvalue weighted by molar-refractivity contribution is 7.13. The summed E-state index contributed by atoms with van der Waals surface area (Å²) in [6, 6.07) is 17.6. The molecule has 1 atom stereocenters. The Morgan fingerprint density at radius 3 is 2.68 bits per heavy atom. The van der Waals surface area contributed by atoms with Crippen LogP contribution in [0.3, 0.4) is 0 Å². The van der Waals surface area contributed by atoms with Gasteiger partial charge >= 0.3 is 0 Å². The van der Waals surface area contributed by atoms with E-state index in [9.17, 15) is 0 Å². The summed E-state index contributed by atoms with van der Waals surface area (Å²) in [4.78, 5) is 4.38. The molecule has 3 heteroatoms. The number of hydrogen-bond acceptors (Lipinski definition) is 3. The van der Waals surface area contributed by atoms with Gasteiger partial charge in [0.25, 0.3) is 0 Å². The molecule has 0 aliphatic rings. The fraction of sp³-hybridized carbons (Fsp3) is 0.211. The zero-order valence-corrected chi connectivity index (χ0v) is 13.7. The Kier molecular flexibility index (Phi) is 4.66. The van der Waals surface area contributed by atoms with Gasteiger partial charge in [-0.3, -0.25) is 0 Å². The molecule has 3 aromatic rings. The normalized spacial score (nSPS) is 12.3. The lowest BCUT2D eigenvalue weighted by molar-refractivity contribution is 0.575. The monoisotopic (exact) mass is 308 g/mol. The van der Waals surface area contributed by atoms with E-state index in [2.05, 4.69) is 72.7 Å². The molecule has 0 radical (unpaired) electrons. The molecule has 0 unspecified atom stereocenters. The first kappa shape index (κ1) is 14.9. The number of hydrogen-bond donors (Lipinski definition) is 1. The van der Waals surface area contributed by atoms with Crippen LogP contribution in [0.2, 0.25) is 0 Å². The Hall–Kier alpha value is -1.97. The van der Waals surface area contributed by atoms with E-state index >= 15 is 0 Å². The highest BCUT2D eigenvalue weighted by Gasteiger charge is 2.06. The number of benzene rings is 2. The van der Waals surface area contributed by atoms with Crippen LogP contribution in [0.5, 0.6) is 0 Å². The van der Waals surface area contributed by atoms with Crippen LogP contribution in [0.25, 0.3) is 10.6 Å². The minimum Gasteiger partial charge on any atom is -0.306 e. The number of nitrogens with zero attached hydrogens (tertiary/aromatic N) is 1. The molecule has 3 rings (SSSR count). The van der Waals surface area contributed by atoms with Crippen molar-refractivity contribution >= 4 is 11.3 Å². The average Bonchev–Trinajstić information content (AvgIpc) is 3.08. The van der Waals surface area contributed by atoms with Gasteiger partial charge in [-0.15, -0.1) is 11.3 Å². The van der Waals surface area contributed by atoms with E-state index in [0.29, 0.717) is 6.04 Å². The number of rotatable bonds is 5. The van der Waals surface area contributed by atoms with E-state index in [0.717, 1.165) is 11.6 Å². The number of aromatic nitrogens is 1. The molecule has 22 heavy (non-hydrogen) atoms. The molecular formula is C19H20N2S. The van der Waals surface area contributed by atoms with Crippen LogP contribution in [-0.4, -0.2) is 4.98 Å². The number of thiazole rings is 1. The van der Waals surface area contributed by atoms with Gasteiger partial charge in [0.2, 0.25) is 0 Å². The first-order chi connectivity index (χ1) is 10.7. The molecule has 1 heterocycles. The van der Waals surface area contributed by atoms with E-state index in [1.165, 1.54) is 22.3 Å². The molecule has 0 fully saturated rings. The molecule has 0 aliphatic heterocycles. The zero-order chi connectivity index (χ0) is 15.4. The summed E-state index contributed by atoms with van der Waals surface area (Å²) >= 11 is 1.68. The maximum Gasteiger partial charge on any atom is 0.123 e. The SMILES string of the molecule is Cc1ccc([C@@H](C)NCc2cccc(-c3nccs3)c2)cc1. The van der Waals surface area contributed by atoms with E-state index in [1.807, 2.05) is 11.6 Å². The summed E-state index contributed by atoms with van der Waals surface area (Å²) < 4.78 is 0. The predicted octanol–water partition coefficient (Wildman–Crippen LogP) is 4.97. The Balaban J connectivity index is 1.66. The lowest BCUT2D eigenvalue weighted by Crippen LogP contribution is -2.18. The Labute approximate surface area is 135 Å². The van der Waals surface area contributed by atoms with Crippen molar-refractivity contribution in [2.24, 2.45) is 0 Å². The fourth-order valence-corrected chi connectivity index (χ4v) is 3.06. The second-order valence-corrected chi connectivity index (χ2v) is 6.45. The molecule has 112 valence electrons. The minimum absolute atomic E-state index is 0.337. The molecule has 0 amide bonds. The molecular weight excluding hydrogens is 288 g/mol. The van der Waals surface area contributed by atoms with Gasteiger partial charge in [0, 0.05) is 29.7 Å². The summed E-state index contributed by atoms with van der Waals surface area (Å²) in [5.74, 6) is 0. The van der Waals surface area contributed by atoms with Gasteiger partial charge in [-0.1, -0.05) is 48.0 Å². The predicted molar refractivity (Wildman–Crippen MR) is 94.0 cm³/mol. The molecule has 2 nitrogen and oxygen atoms in total. The lowest BCUT2D eigenvalue weighted by atomic mass is 10.1. The van der Waals surface area contributed by atoms with Crippen LogP contribution in [0.15, 0.2) is 60.1 Å². The average molecular weight is 308 g/mol. The summed E-state index contributed by atoms with van der Waals surface area (Å²) in [5, 5.41) is 6.68. The summed E-state index contributed by atoms with van der Waals surface area (Å²) in [7, 11) is 0. The Bertz CT molecular complexity index is 717. The van der Waals surface area contributed by atoms with Crippen molar-refractivity contribution in [1.82, 2.24) is 10.3 Å². The third-order valence-electron chi connectivity index (χ3n) is 3.80. The Morgan fingerprint density at radius 2 is 1.95 bits per heavy atom. The zero-order valence-electron chi connectivity index (χ0n) is 12.9. The highest BCUT2D eigenvalue weighted by atomic mass is 32.1. The molecule has 2 aromatic carbocycles. The van der Waals surface area contributed by atoms with Crippen LogP contribution >= 0.6 is 11.3 Å². The quantitative estimate of drug-likeness (QED) is 0.720. The van der Waals surface area contributed by atoms with Crippen LogP contribution < -0.4 is 5.32 Å². The van der Waals surface area contributed by atoms with Gasteiger partial charge in [-0.2, -0.15) is 0 Å². The molecule has 0 saturated carbocycles. The van der Waals surface area contributed by atoms with E-state index in [1.54, 1.807) is 11.3 Å². The summed E-state index contributed by atoms with van der Waals surface area (Å²) in [6.07, 6.45) is 1.85. The summed E-state index contributed by atoms with van der Waals surface area (Å²) in [5.41, 5.74) is 5.10. The lowest BCUT2D eigenvalue weighted by Gasteiger charge is -2.15. The van der Waals surface area contributed by atoms with Crippen LogP contribution in [0, 0.1) is 6.92 Å². The van der Waals surface area contributed by atoms with Crippen molar-refractivity contribution < 1.29 is 0 Å². The van der Waals surface area contributed by atoms with Gasteiger partial charge in [0.1, 0.15) is 5.01 Å². The maximum absolute atomic E-state index is 4.38. The van der Waals surface area contributed by atoms with Crippen molar-refractivity contribution in [3.8, 4) is 10.6 Å². The second-order valence-electron chi connectivity index (χ2n) is 5.55. The van der Waals surface area contributed by atoms with Crippen molar-refractivity contribution in [3.05, 3.63) is 76.8 Å². The topological polar surface area (TPSA) is 24.9 Å². The first-order valence-electron chi connectivity index (χ1n) is 7.51. The molecule has 0 bridgehead atoms. The molecule has 1 N–H and O–H groups in total. The minimum atomic E-state index is 0.337. The molecule has 1 aromatic heterocycles. The van der Waals surface area contributed by atoms with Crippen LogP contribution in [-0.2, 0) is 6.54 Å². The number of nitrogens with one attached hydrogen (secondary N) is 1. The van der Waals surface area contributed by atoms with Gasteiger partial charge in [-0.25, -0.2) is 4.98 Å². The smallest absolute Gasteiger partial charge is 0.123 e. The van der Waals surface area contributed by atoms with E-state index in [4.69, 9.17) is 0 Å². The molecule has 0 aliphatic carbocycles. The fourth-order valence-electron chi connectivity index (χ4n) is 2.42. The van der Waals surface area contributed by atoms with Crippen molar-refractivity contribution in [2.45, 2.75) is 26.4 Å². The third kappa shape index (κ3) is 3.62. The van der Waals surface area contributed by atoms with Gasteiger partial charge in [0.15, 0.2) is 0 Å². The Morgan fingerprint density at radius 1 is 1.14 bits per heavy atom. The largest absolute Gasteiger partial charge is 0.306 e. The first-order valence-corrected chi connectivity index (χ1v) is 8.39. The standard InChI is InChI=1S/C19H20N2S/c1-14-6-8-17(9-7-14)15(2)21-13-16-4-3-5-18(12-16)19-20-10-11-22-19/h3-12,15,21H,13H2,1-2H3/t15-/m1/s1. The highest BCUT2D eigenvalue weighted by Crippen LogP contribution is 2.23. The van der Waals surface area contributed by atoms with Gasteiger partial charge < -0.3 is 5.32 Å². The van der Waals surface area contributed by atoms with Crippen molar-refractivity contribution in [3.63, 3.8) is 0 Å². The maximum atomic E-state index is 4.38. The van der Waals surface area contributed by atoms with E-state index < -0.39 is 0 Å². The second kappa shape index (κ2) is 6.86. The third-order valence-corrected chi connectivity index (χ3v) is 4.62. The molecule has 0 spiro atoms. The van der Waals surface area contributed by atoms with E-state index in [-0.39, 0.29) is 0 Å². The van der Waals surface area contributed by atoms with Crippen molar-refractivity contribution in [1.29, 1.82) is 0 Å². The summed E-state index contributed by atoms with van der Waals surface area (Å²) in [6.45, 7) is 5.18.